The highest BCUT2D eigenvalue weighted by Crippen LogP contribution is 2.25. The standard InChI is InChI=1S/C21H22N2O4/c1-25-17-7-5-15(6-8-17)19-11-9-18(27-19)10-12-20(24)23-14-16-4-3-13-22-21(16)26-2/h3-9,11,13H,10,12,14H2,1-2H3,(H,23,24). The van der Waals surface area contributed by atoms with Gasteiger partial charge in [0, 0.05) is 36.7 Å². The van der Waals surface area contributed by atoms with Gasteiger partial charge in [-0.05, 0) is 42.5 Å². The normalized spacial score (nSPS) is 10.4. The molecule has 140 valence electrons. The maximum absolute atomic E-state index is 12.1. The van der Waals surface area contributed by atoms with Gasteiger partial charge in [0.2, 0.25) is 11.8 Å². The number of aromatic nitrogens is 1. The number of rotatable bonds is 8. The van der Waals surface area contributed by atoms with Crippen molar-refractivity contribution in [3.63, 3.8) is 0 Å². The van der Waals surface area contributed by atoms with Gasteiger partial charge in [-0.15, -0.1) is 0 Å². The van der Waals surface area contributed by atoms with Gasteiger partial charge in [-0.1, -0.05) is 6.07 Å². The van der Waals surface area contributed by atoms with Crippen LogP contribution in [0.25, 0.3) is 11.3 Å². The van der Waals surface area contributed by atoms with Gasteiger partial charge in [-0.3, -0.25) is 4.79 Å². The van der Waals surface area contributed by atoms with Gasteiger partial charge in [-0.2, -0.15) is 0 Å². The van der Waals surface area contributed by atoms with Crippen LogP contribution in [0.5, 0.6) is 11.6 Å². The van der Waals surface area contributed by atoms with Gasteiger partial charge in [0.15, 0.2) is 0 Å². The summed E-state index contributed by atoms with van der Waals surface area (Å²) in [6.45, 7) is 0.380. The summed E-state index contributed by atoms with van der Waals surface area (Å²) < 4.78 is 16.2. The summed E-state index contributed by atoms with van der Waals surface area (Å²) in [7, 11) is 3.19. The number of nitrogens with one attached hydrogen (secondary N) is 1. The molecule has 0 spiro atoms. The Labute approximate surface area is 158 Å². The molecule has 0 bridgehead atoms. The number of carbonyl (C=O) groups is 1. The first-order valence-electron chi connectivity index (χ1n) is 8.67. The zero-order valence-electron chi connectivity index (χ0n) is 15.4. The van der Waals surface area contributed by atoms with Gasteiger partial charge in [0.05, 0.1) is 14.2 Å². The number of amides is 1. The van der Waals surface area contributed by atoms with Crippen LogP contribution in [0.2, 0.25) is 0 Å². The molecule has 0 saturated carbocycles. The highest BCUT2D eigenvalue weighted by atomic mass is 16.5. The molecule has 2 aromatic heterocycles. The van der Waals surface area contributed by atoms with E-state index in [1.165, 1.54) is 0 Å². The molecule has 1 amide bonds. The molecule has 0 aliphatic rings. The number of hydrogen-bond donors (Lipinski definition) is 1. The molecule has 6 nitrogen and oxygen atoms in total. The van der Waals surface area contributed by atoms with Gasteiger partial charge < -0.3 is 19.2 Å². The van der Waals surface area contributed by atoms with E-state index in [0.29, 0.717) is 25.3 Å². The van der Waals surface area contributed by atoms with Crippen molar-refractivity contribution in [1.82, 2.24) is 10.3 Å². The van der Waals surface area contributed by atoms with Crippen LogP contribution in [0, 0.1) is 0 Å². The summed E-state index contributed by atoms with van der Waals surface area (Å²) in [6, 6.07) is 15.2. The highest BCUT2D eigenvalue weighted by molar-refractivity contribution is 5.76. The molecule has 0 saturated heterocycles. The van der Waals surface area contributed by atoms with E-state index < -0.39 is 0 Å². The molecule has 1 N–H and O–H groups in total. The Morgan fingerprint density at radius 1 is 1.07 bits per heavy atom. The van der Waals surface area contributed by atoms with Crippen molar-refractivity contribution in [3.8, 4) is 23.0 Å². The Hall–Kier alpha value is -3.28. The van der Waals surface area contributed by atoms with Crippen LogP contribution in [-0.4, -0.2) is 25.1 Å². The van der Waals surface area contributed by atoms with Crippen molar-refractivity contribution in [2.24, 2.45) is 0 Å². The molecule has 0 aliphatic carbocycles. The number of carbonyl (C=O) groups excluding carboxylic acids is 1. The molecular weight excluding hydrogens is 344 g/mol. The van der Waals surface area contributed by atoms with Crippen molar-refractivity contribution in [2.45, 2.75) is 19.4 Å². The quantitative estimate of drug-likeness (QED) is 0.659. The molecule has 0 atom stereocenters. The van der Waals surface area contributed by atoms with E-state index in [1.54, 1.807) is 20.4 Å². The van der Waals surface area contributed by atoms with Crippen molar-refractivity contribution < 1.29 is 18.7 Å². The Kier molecular flexibility index (Phi) is 6.10. The summed E-state index contributed by atoms with van der Waals surface area (Å²) >= 11 is 0. The van der Waals surface area contributed by atoms with Crippen LogP contribution in [0.4, 0.5) is 0 Å². The zero-order chi connectivity index (χ0) is 19.1. The van der Waals surface area contributed by atoms with E-state index in [2.05, 4.69) is 10.3 Å². The molecule has 0 aliphatic heterocycles. The molecule has 1 aromatic carbocycles. The lowest BCUT2D eigenvalue weighted by Gasteiger charge is -2.08. The fourth-order valence-corrected chi connectivity index (χ4v) is 2.68. The van der Waals surface area contributed by atoms with Gasteiger partial charge >= 0.3 is 0 Å². The van der Waals surface area contributed by atoms with Crippen LogP contribution in [-0.2, 0) is 17.8 Å². The smallest absolute Gasteiger partial charge is 0.220 e. The molecule has 2 heterocycles. The zero-order valence-corrected chi connectivity index (χ0v) is 15.4. The second-order valence-corrected chi connectivity index (χ2v) is 5.94. The lowest BCUT2D eigenvalue weighted by atomic mass is 10.2. The monoisotopic (exact) mass is 366 g/mol. The molecule has 0 fully saturated rings. The van der Waals surface area contributed by atoms with Crippen molar-refractivity contribution in [1.29, 1.82) is 0 Å². The minimum absolute atomic E-state index is 0.0525. The number of aryl methyl sites for hydroxylation is 1. The highest BCUT2D eigenvalue weighted by Gasteiger charge is 2.09. The summed E-state index contributed by atoms with van der Waals surface area (Å²) in [5.74, 6) is 2.81. The minimum Gasteiger partial charge on any atom is -0.497 e. The first kappa shape index (κ1) is 18.5. The number of hydrogen-bond acceptors (Lipinski definition) is 5. The Balaban J connectivity index is 1.51. The molecule has 3 aromatic rings. The predicted molar refractivity (Wildman–Crippen MR) is 102 cm³/mol. The van der Waals surface area contributed by atoms with Crippen LogP contribution >= 0.6 is 0 Å². The molecule has 0 unspecified atom stereocenters. The van der Waals surface area contributed by atoms with E-state index in [1.807, 2.05) is 48.5 Å². The summed E-state index contributed by atoms with van der Waals surface area (Å²) in [4.78, 5) is 16.2. The number of ether oxygens (including phenoxy) is 2. The maximum Gasteiger partial charge on any atom is 0.220 e. The van der Waals surface area contributed by atoms with Crippen molar-refractivity contribution in [2.75, 3.05) is 14.2 Å². The first-order chi connectivity index (χ1) is 13.2. The van der Waals surface area contributed by atoms with Gasteiger partial charge in [0.1, 0.15) is 17.3 Å². The van der Waals surface area contributed by atoms with Crippen LogP contribution in [0.1, 0.15) is 17.7 Å². The number of nitrogens with zero attached hydrogens (tertiary/aromatic N) is 1. The van der Waals surface area contributed by atoms with Crippen molar-refractivity contribution >= 4 is 5.91 Å². The van der Waals surface area contributed by atoms with Gasteiger partial charge in [0.25, 0.3) is 0 Å². The second-order valence-electron chi connectivity index (χ2n) is 5.94. The fraction of sp³-hybridized carbons (Fsp3) is 0.238. The average Bonchev–Trinajstić information content (AvgIpc) is 3.20. The first-order valence-corrected chi connectivity index (χ1v) is 8.67. The molecule has 0 radical (unpaired) electrons. The lowest BCUT2D eigenvalue weighted by Crippen LogP contribution is -2.23. The van der Waals surface area contributed by atoms with Crippen LogP contribution in [0.15, 0.2) is 59.1 Å². The summed E-state index contributed by atoms with van der Waals surface area (Å²) in [6.07, 6.45) is 2.53. The van der Waals surface area contributed by atoms with Crippen LogP contribution < -0.4 is 14.8 Å². The number of furan rings is 1. The predicted octanol–water partition coefficient (Wildman–Crippen LogP) is 3.61. The van der Waals surface area contributed by atoms with E-state index >= 15 is 0 Å². The van der Waals surface area contributed by atoms with E-state index in [4.69, 9.17) is 13.9 Å². The molecule has 27 heavy (non-hydrogen) atoms. The molecule has 3 rings (SSSR count). The number of methoxy groups -OCH3 is 2. The maximum atomic E-state index is 12.1. The SMILES string of the molecule is COc1ccc(-c2ccc(CCC(=O)NCc3cccnc3OC)o2)cc1. The fourth-order valence-electron chi connectivity index (χ4n) is 2.68. The largest absolute Gasteiger partial charge is 0.497 e. The Bertz CT molecular complexity index is 887. The Morgan fingerprint density at radius 2 is 1.89 bits per heavy atom. The van der Waals surface area contributed by atoms with Crippen molar-refractivity contribution in [3.05, 3.63) is 66.1 Å². The number of pyridine rings is 1. The van der Waals surface area contributed by atoms with Gasteiger partial charge in [-0.25, -0.2) is 4.98 Å². The summed E-state index contributed by atoms with van der Waals surface area (Å²) in [5.41, 5.74) is 1.81. The summed E-state index contributed by atoms with van der Waals surface area (Å²) in [5, 5.41) is 2.88. The third kappa shape index (κ3) is 4.88. The third-order valence-electron chi connectivity index (χ3n) is 4.15. The van der Waals surface area contributed by atoms with E-state index in [-0.39, 0.29) is 5.91 Å². The van der Waals surface area contributed by atoms with E-state index in [0.717, 1.165) is 28.4 Å². The molecular formula is C21H22N2O4. The number of benzene rings is 1. The second kappa shape index (κ2) is 8.89. The van der Waals surface area contributed by atoms with E-state index in [9.17, 15) is 4.79 Å². The average molecular weight is 366 g/mol. The topological polar surface area (TPSA) is 73.6 Å². The third-order valence-corrected chi connectivity index (χ3v) is 4.15. The van der Waals surface area contributed by atoms with Crippen LogP contribution in [0.3, 0.4) is 0 Å². The minimum atomic E-state index is -0.0525. The molecule has 6 heteroatoms. The lowest BCUT2D eigenvalue weighted by molar-refractivity contribution is -0.121. The Morgan fingerprint density at radius 3 is 2.63 bits per heavy atom.